The van der Waals surface area contributed by atoms with Gasteiger partial charge in [0, 0.05) is 0 Å². The predicted molar refractivity (Wildman–Crippen MR) is 21.3 cm³/mol. The Balaban J connectivity index is 3.89. The highest BCUT2D eigenvalue weighted by atomic mass is 32.2. The quantitative estimate of drug-likeness (QED) is 0.526. The van der Waals surface area contributed by atoms with E-state index in [2.05, 4.69) is 11.3 Å². The summed E-state index contributed by atoms with van der Waals surface area (Å²) in [5, 5.41) is 0. The Bertz CT molecular complexity index is 116. The van der Waals surface area contributed by atoms with Gasteiger partial charge in [0.05, 0.1) is 5.75 Å². The number of rotatable bonds is 2. The highest BCUT2D eigenvalue weighted by molar-refractivity contribution is 7.86. The SMILES string of the molecule is [CH2]CS(=O)(=O)OF. The standard InChI is InChI=1S/C2H4FO3S/c1-2-7(4,5)6-3/h1-2H2. The molecule has 43 valence electrons. The average molecular weight is 127 g/mol. The van der Waals surface area contributed by atoms with Crippen LogP contribution in [0.3, 0.4) is 0 Å². The van der Waals surface area contributed by atoms with E-state index in [1.165, 1.54) is 0 Å². The van der Waals surface area contributed by atoms with Crippen LogP contribution in [0.15, 0.2) is 0 Å². The molecule has 0 aliphatic rings. The molecule has 0 saturated carbocycles. The van der Waals surface area contributed by atoms with E-state index in [1.807, 2.05) is 0 Å². The zero-order valence-corrected chi connectivity index (χ0v) is 4.24. The minimum absolute atomic E-state index is 0.580. The Morgan fingerprint density at radius 1 is 1.71 bits per heavy atom. The molecule has 0 saturated heterocycles. The molecule has 0 fully saturated rings. The van der Waals surface area contributed by atoms with E-state index < -0.39 is 15.9 Å². The molecule has 0 rings (SSSR count). The maximum absolute atomic E-state index is 10.6. The van der Waals surface area contributed by atoms with Gasteiger partial charge in [-0.2, -0.15) is 8.42 Å². The van der Waals surface area contributed by atoms with Crippen molar-refractivity contribution in [3.05, 3.63) is 6.92 Å². The van der Waals surface area contributed by atoms with Crippen molar-refractivity contribution in [1.82, 2.24) is 0 Å². The van der Waals surface area contributed by atoms with E-state index >= 15 is 0 Å². The lowest BCUT2D eigenvalue weighted by molar-refractivity contribution is 0.00345. The Morgan fingerprint density at radius 2 is 2.14 bits per heavy atom. The summed E-state index contributed by atoms with van der Waals surface area (Å²) in [5.74, 6) is -0.580. The lowest BCUT2D eigenvalue weighted by Crippen LogP contribution is -2.01. The van der Waals surface area contributed by atoms with Gasteiger partial charge in [-0.15, -0.1) is 0 Å². The molecule has 0 bridgehead atoms. The van der Waals surface area contributed by atoms with Crippen molar-refractivity contribution in [2.75, 3.05) is 5.75 Å². The van der Waals surface area contributed by atoms with Crippen LogP contribution in [0.2, 0.25) is 0 Å². The fourth-order valence-corrected chi connectivity index (χ4v) is 0.0945. The lowest BCUT2D eigenvalue weighted by atomic mass is 11.0. The van der Waals surface area contributed by atoms with Crippen LogP contribution in [0.5, 0.6) is 0 Å². The summed E-state index contributed by atoms with van der Waals surface area (Å²) in [6.45, 7) is 2.88. The topological polar surface area (TPSA) is 43.4 Å². The predicted octanol–water partition coefficient (Wildman–Crippen LogP) is 0.0514. The van der Waals surface area contributed by atoms with Gasteiger partial charge >= 0.3 is 0 Å². The zero-order chi connectivity index (χ0) is 5.91. The third kappa shape index (κ3) is 2.52. The van der Waals surface area contributed by atoms with E-state index in [0.717, 1.165) is 0 Å². The van der Waals surface area contributed by atoms with Crippen LogP contribution in [-0.2, 0) is 14.5 Å². The number of halogens is 1. The average Bonchev–Trinajstić information content (AvgIpc) is 1.68. The molecule has 0 amide bonds. The van der Waals surface area contributed by atoms with Crippen molar-refractivity contribution < 1.29 is 17.3 Å². The molecule has 0 aromatic carbocycles. The molecule has 0 spiro atoms. The van der Waals surface area contributed by atoms with Gasteiger partial charge in [-0.25, -0.2) is 0 Å². The van der Waals surface area contributed by atoms with Crippen LogP contribution in [-0.4, -0.2) is 14.2 Å². The molecular weight excluding hydrogens is 123 g/mol. The molecule has 0 aromatic heterocycles. The van der Waals surface area contributed by atoms with Gasteiger partial charge in [-0.3, -0.25) is 0 Å². The summed E-state index contributed by atoms with van der Waals surface area (Å²) in [5.41, 5.74) is 0. The van der Waals surface area contributed by atoms with Crippen LogP contribution in [0.25, 0.3) is 0 Å². The molecule has 0 unspecified atom stereocenters. The van der Waals surface area contributed by atoms with Crippen molar-refractivity contribution in [1.29, 1.82) is 0 Å². The first-order valence-electron chi connectivity index (χ1n) is 1.44. The highest BCUT2D eigenvalue weighted by Gasteiger charge is 2.04. The third-order valence-corrected chi connectivity index (χ3v) is 1.04. The molecule has 3 nitrogen and oxygen atoms in total. The van der Waals surface area contributed by atoms with E-state index in [9.17, 15) is 12.9 Å². The van der Waals surface area contributed by atoms with Gasteiger partial charge in [-0.05, 0) is 11.4 Å². The van der Waals surface area contributed by atoms with Crippen LogP contribution in [0.1, 0.15) is 0 Å². The maximum atomic E-state index is 10.6. The monoisotopic (exact) mass is 127 g/mol. The summed E-state index contributed by atoms with van der Waals surface area (Å²) in [4.78, 5) is 0. The largest absolute Gasteiger partial charge is 0.297 e. The number of hydrogen-bond donors (Lipinski definition) is 0. The summed E-state index contributed by atoms with van der Waals surface area (Å²) in [7, 11) is -3.94. The first kappa shape index (κ1) is 6.84. The molecule has 0 atom stereocenters. The van der Waals surface area contributed by atoms with Gasteiger partial charge in [0.1, 0.15) is 0 Å². The molecule has 5 heteroatoms. The van der Waals surface area contributed by atoms with Gasteiger partial charge in [0.15, 0.2) is 0 Å². The second kappa shape index (κ2) is 2.23. The Labute approximate surface area is 41.1 Å². The highest BCUT2D eigenvalue weighted by Crippen LogP contribution is 1.89. The molecule has 1 radical (unpaired) electrons. The van der Waals surface area contributed by atoms with Gasteiger partial charge in [-0.1, -0.05) is 4.39 Å². The lowest BCUT2D eigenvalue weighted by Gasteiger charge is -1.85. The summed E-state index contributed by atoms with van der Waals surface area (Å²) < 4.78 is 32.6. The zero-order valence-electron chi connectivity index (χ0n) is 3.43. The van der Waals surface area contributed by atoms with Gasteiger partial charge in [0.2, 0.25) is 0 Å². The first-order valence-corrected chi connectivity index (χ1v) is 3.02. The molecule has 0 aliphatic heterocycles. The minimum atomic E-state index is -3.94. The Morgan fingerprint density at radius 3 is 2.14 bits per heavy atom. The fraction of sp³-hybridized carbons (Fsp3) is 0.500. The smallest absolute Gasteiger partial charge is 0.197 e. The minimum Gasteiger partial charge on any atom is -0.197 e. The maximum Gasteiger partial charge on any atom is 0.297 e. The number of hydrogen-bond acceptors (Lipinski definition) is 3. The van der Waals surface area contributed by atoms with E-state index in [4.69, 9.17) is 0 Å². The normalized spacial score (nSPS) is 11.7. The molecule has 0 heterocycles. The Kier molecular flexibility index (Phi) is 2.17. The Hall–Kier alpha value is -0.160. The van der Waals surface area contributed by atoms with Crippen LogP contribution in [0.4, 0.5) is 4.53 Å². The third-order valence-electron chi connectivity index (χ3n) is 0.346. The summed E-state index contributed by atoms with van der Waals surface area (Å²) in [6, 6.07) is 0. The second-order valence-electron chi connectivity index (χ2n) is 0.825. The van der Waals surface area contributed by atoms with Crippen LogP contribution < -0.4 is 0 Å². The van der Waals surface area contributed by atoms with E-state index in [-0.39, 0.29) is 0 Å². The second-order valence-corrected chi connectivity index (χ2v) is 2.47. The van der Waals surface area contributed by atoms with Crippen molar-refractivity contribution >= 4 is 10.1 Å². The fourth-order valence-electron chi connectivity index (χ4n) is 0.0315. The van der Waals surface area contributed by atoms with Gasteiger partial charge < -0.3 is 0 Å². The van der Waals surface area contributed by atoms with Crippen molar-refractivity contribution in [3.63, 3.8) is 0 Å². The van der Waals surface area contributed by atoms with Crippen molar-refractivity contribution in [2.45, 2.75) is 0 Å². The van der Waals surface area contributed by atoms with E-state index in [0.29, 0.717) is 0 Å². The summed E-state index contributed by atoms with van der Waals surface area (Å²) >= 11 is 0. The molecule has 7 heavy (non-hydrogen) atoms. The first-order chi connectivity index (χ1) is 3.12. The van der Waals surface area contributed by atoms with E-state index in [1.54, 1.807) is 0 Å². The van der Waals surface area contributed by atoms with Gasteiger partial charge in [0.25, 0.3) is 10.1 Å². The van der Waals surface area contributed by atoms with Crippen molar-refractivity contribution in [2.24, 2.45) is 0 Å². The summed E-state index contributed by atoms with van der Waals surface area (Å²) in [6.07, 6.45) is 0. The molecule has 0 N–H and O–H groups in total. The van der Waals surface area contributed by atoms with Crippen LogP contribution >= 0.6 is 0 Å². The molecular formula is C2H4FO3S. The molecule has 0 aliphatic carbocycles. The van der Waals surface area contributed by atoms with Crippen molar-refractivity contribution in [3.8, 4) is 0 Å². The molecule has 0 aromatic rings. The van der Waals surface area contributed by atoms with Crippen LogP contribution in [0, 0.1) is 6.92 Å².